The lowest BCUT2D eigenvalue weighted by Crippen LogP contribution is -2.30. The van der Waals surface area contributed by atoms with Gasteiger partial charge in [0.15, 0.2) is 0 Å². The summed E-state index contributed by atoms with van der Waals surface area (Å²) in [4.78, 5) is 4.48. The molecule has 18 heavy (non-hydrogen) atoms. The zero-order valence-electron chi connectivity index (χ0n) is 11.2. The Hall–Kier alpha value is -0.590. The summed E-state index contributed by atoms with van der Waals surface area (Å²) in [6.45, 7) is 8.03. The molecule has 2 rings (SSSR count). The first kappa shape index (κ1) is 13.8. The van der Waals surface area contributed by atoms with Crippen molar-refractivity contribution in [1.29, 1.82) is 0 Å². The number of hydrogen-bond donors (Lipinski definition) is 1. The third kappa shape index (κ3) is 3.24. The zero-order chi connectivity index (χ0) is 13.0. The first-order chi connectivity index (χ1) is 8.72. The average Bonchev–Trinajstić information content (AvgIpc) is 2.89. The lowest BCUT2D eigenvalue weighted by molar-refractivity contribution is 0.0677. The lowest BCUT2D eigenvalue weighted by atomic mass is 10.0. The summed E-state index contributed by atoms with van der Waals surface area (Å²) in [6, 6.07) is 0.324. The van der Waals surface area contributed by atoms with E-state index in [9.17, 15) is 0 Å². The van der Waals surface area contributed by atoms with Gasteiger partial charge in [0.2, 0.25) is 11.7 Å². The van der Waals surface area contributed by atoms with Crippen LogP contribution in [-0.4, -0.2) is 40.8 Å². The Morgan fingerprint density at radius 1 is 1.50 bits per heavy atom. The lowest BCUT2D eigenvalue weighted by Gasteiger charge is -2.19. The molecule has 1 aliphatic heterocycles. The van der Waals surface area contributed by atoms with Crippen LogP contribution in [0.1, 0.15) is 44.5 Å². The number of nitrogens with one attached hydrogen (secondary N) is 1. The van der Waals surface area contributed by atoms with E-state index >= 15 is 0 Å². The fourth-order valence-electron chi connectivity index (χ4n) is 1.91. The second-order valence-corrected chi connectivity index (χ2v) is 5.71. The number of hydrogen-bond acceptors (Lipinski definition) is 6. The molecule has 1 saturated heterocycles. The van der Waals surface area contributed by atoms with Gasteiger partial charge in [-0.05, 0) is 13.5 Å². The van der Waals surface area contributed by atoms with Crippen molar-refractivity contribution >= 4 is 11.8 Å². The van der Waals surface area contributed by atoms with E-state index in [2.05, 4.69) is 36.2 Å². The minimum absolute atomic E-state index is 0.0112. The molecule has 0 aromatic carbocycles. The van der Waals surface area contributed by atoms with Gasteiger partial charge in [0, 0.05) is 17.5 Å². The topological polar surface area (TPSA) is 60.2 Å². The molecular weight excluding hydrogens is 250 g/mol. The Morgan fingerprint density at radius 2 is 2.33 bits per heavy atom. The number of nitrogens with zero attached hydrogens (tertiary/aromatic N) is 2. The number of likely N-dealkylation sites (N-methyl/N-ethyl adjacent to an activating group) is 1. The van der Waals surface area contributed by atoms with Crippen LogP contribution in [0.4, 0.5) is 0 Å². The Labute approximate surface area is 112 Å². The maximum absolute atomic E-state index is 5.64. The highest BCUT2D eigenvalue weighted by molar-refractivity contribution is 7.99. The first-order valence-corrected chi connectivity index (χ1v) is 7.64. The zero-order valence-corrected chi connectivity index (χ0v) is 12.0. The summed E-state index contributed by atoms with van der Waals surface area (Å²) in [5, 5.41) is 7.42. The Kier molecular flexibility index (Phi) is 5.03. The summed E-state index contributed by atoms with van der Waals surface area (Å²) in [5.41, 5.74) is 0. The van der Waals surface area contributed by atoms with E-state index < -0.39 is 0 Å². The number of ether oxygens (including phenoxy) is 1. The Morgan fingerprint density at radius 3 is 3.00 bits per heavy atom. The molecule has 1 aromatic rings. The van der Waals surface area contributed by atoms with E-state index in [4.69, 9.17) is 9.26 Å². The standard InChI is InChI=1S/C12H21N3O2S/c1-4-13-9(3)8(2)12-14-11(15-17-12)10-7-18-6-5-16-10/h8-10,13H,4-7H2,1-3H3. The van der Waals surface area contributed by atoms with Crippen molar-refractivity contribution in [2.24, 2.45) is 0 Å². The molecule has 0 spiro atoms. The smallest absolute Gasteiger partial charge is 0.231 e. The molecule has 0 radical (unpaired) electrons. The highest BCUT2D eigenvalue weighted by Gasteiger charge is 2.25. The molecule has 0 bridgehead atoms. The van der Waals surface area contributed by atoms with E-state index in [-0.39, 0.29) is 12.0 Å². The molecule has 1 aromatic heterocycles. The Bertz CT molecular complexity index is 366. The number of rotatable bonds is 5. The maximum atomic E-state index is 5.64. The van der Waals surface area contributed by atoms with Crippen LogP contribution in [-0.2, 0) is 4.74 Å². The molecule has 3 atom stereocenters. The van der Waals surface area contributed by atoms with Crippen LogP contribution >= 0.6 is 11.8 Å². The number of thioether (sulfide) groups is 1. The molecule has 5 nitrogen and oxygen atoms in total. The third-order valence-electron chi connectivity index (χ3n) is 3.23. The molecule has 3 unspecified atom stereocenters. The van der Waals surface area contributed by atoms with Crippen LogP contribution < -0.4 is 5.32 Å². The predicted molar refractivity (Wildman–Crippen MR) is 71.9 cm³/mol. The molecule has 6 heteroatoms. The predicted octanol–water partition coefficient (Wildman–Crippen LogP) is 1.98. The molecular formula is C12H21N3O2S. The summed E-state index contributed by atoms with van der Waals surface area (Å²) in [6.07, 6.45) is -0.0112. The molecule has 1 fully saturated rings. The van der Waals surface area contributed by atoms with Crippen LogP contribution in [0.3, 0.4) is 0 Å². The maximum Gasteiger partial charge on any atom is 0.231 e. The van der Waals surface area contributed by atoms with E-state index in [1.807, 2.05) is 11.8 Å². The summed E-state index contributed by atoms with van der Waals surface area (Å²) in [5.74, 6) is 3.55. The van der Waals surface area contributed by atoms with Crippen molar-refractivity contribution < 1.29 is 9.26 Å². The van der Waals surface area contributed by atoms with Gasteiger partial charge in [-0.2, -0.15) is 16.7 Å². The van der Waals surface area contributed by atoms with Gasteiger partial charge in [-0.15, -0.1) is 0 Å². The van der Waals surface area contributed by atoms with Gasteiger partial charge >= 0.3 is 0 Å². The Balaban J connectivity index is 2.00. The van der Waals surface area contributed by atoms with Crippen molar-refractivity contribution in [3.05, 3.63) is 11.7 Å². The van der Waals surface area contributed by atoms with Crippen molar-refractivity contribution in [2.75, 3.05) is 24.7 Å². The molecule has 1 aliphatic rings. The van der Waals surface area contributed by atoms with E-state index in [1.165, 1.54) is 0 Å². The quantitative estimate of drug-likeness (QED) is 0.883. The van der Waals surface area contributed by atoms with Crippen molar-refractivity contribution in [2.45, 2.75) is 38.8 Å². The summed E-state index contributed by atoms with van der Waals surface area (Å²) < 4.78 is 11.0. The van der Waals surface area contributed by atoms with Gasteiger partial charge in [-0.3, -0.25) is 0 Å². The molecule has 2 heterocycles. The molecule has 0 saturated carbocycles. The molecule has 1 N–H and O–H groups in total. The van der Waals surface area contributed by atoms with Gasteiger partial charge in [-0.1, -0.05) is 19.0 Å². The number of aromatic nitrogens is 2. The average molecular weight is 271 g/mol. The van der Waals surface area contributed by atoms with E-state index in [1.54, 1.807) is 0 Å². The third-order valence-corrected chi connectivity index (χ3v) is 4.22. The molecule has 0 amide bonds. The van der Waals surface area contributed by atoms with Crippen LogP contribution in [0.25, 0.3) is 0 Å². The van der Waals surface area contributed by atoms with Gasteiger partial charge in [0.05, 0.1) is 12.5 Å². The van der Waals surface area contributed by atoms with E-state index in [0.29, 0.717) is 17.8 Å². The van der Waals surface area contributed by atoms with Gasteiger partial charge in [-0.25, -0.2) is 0 Å². The highest BCUT2D eigenvalue weighted by atomic mass is 32.2. The van der Waals surface area contributed by atoms with Crippen LogP contribution in [0.2, 0.25) is 0 Å². The van der Waals surface area contributed by atoms with Crippen molar-refractivity contribution in [3.63, 3.8) is 0 Å². The van der Waals surface area contributed by atoms with Gasteiger partial charge in [0.25, 0.3) is 0 Å². The normalized spacial score (nSPS) is 23.8. The minimum atomic E-state index is -0.0112. The van der Waals surface area contributed by atoms with E-state index in [0.717, 1.165) is 24.7 Å². The largest absolute Gasteiger partial charge is 0.368 e. The highest BCUT2D eigenvalue weighted by Crippen LogP contribution is 2.26. The van der Waals surface area contributed by atoms with Crippen LogP contribution in [0.15, 0.2) is 4.52 Å². The molecule has 0 aliphatic carbocycles. The monoisotopic (exact) mass is 271 g/mol. The van der Waals surface area contributed by atoms with Crippen LogP contribution in [0.5, 0.6) is 0 Å². The first-order valence-electron chi connectivity index (χ1n) is 6.48. The van der Waals surface area contributed by atoms with Crippen molar-refractivity contribution in [3.8, 4) is 0 Å². The van der Waals surface area contributed by atoms with Crippen LogP contribution in [0, 0.1) is 0 Å². The summed E-state index contributed by atoms with van der Waals surface area (Å²) >= 11 is 1.87. The van der Waals surface area contributed by atoms with Gasteiger partial charge < -0.3 is 14.6 Å². The fourth-order valence-corrected chi connectivity index (χ4v) is 2.75. The SMILES string of the molecule is CCNC(C)C(C)c1nc(C2CSCCO2)no1. The van der Waals surface area contributed by atoms with Gasteiger partial charge in [0.1, 0.15) is 6.10 Å². The van der Waals surface area contributed by atoms with Crippen molar-refractivity contribution in [1.82, 2.24) is 15.5 Å². The summed E-state index contributed by atoms with van der Waals surface area (Å²) in [7, 11) is 0. The fraction of sp³-hybridized carbons (Fsp3) is 0.833. The second-order valence-electron chi connectivity index (χ2n) is 4.56. The minimum Gasteiger partial charge on any atom is -0.368 e. The molecule has 102 valence electrons. The second kappa shape index (κ2) is 6.54.